The summed E-state index contributed by atoms with van der Waals surface area (Å²) in [6.45, 7) is 5.25. The molecule has 0 atom stereocenters. The first kappa shape index (κ1) is 22.3. The zero-order valence-electron chi connectivity index (χ0n) is 15.7. The fourth-order valence-electron chi connectivity index (χ4n) is 2.70. The van der Waals surface area contributed by atoms with Crippen LogP contribution < -0.4 is 0 Å². The first-order chi connectivity index (χ1) is 13.1. The van der Waals surface area contributed by atoms with E-state index in [4.69, 9.17) is 0 Å². The quantitative estimate of drug-likeness (QED) is 0.547. The fraction of sp³-hybridized carbons (Fsp3) is 0.450. The number of halogens is 4. The average molecular weight is 417 g/mol. The third-order valence-corrected chi connectivity index (χ3v) is 5.49. The summed E-state index contributed by atoms with van der Waals surface area (Å²) in [6.07, 6.45) is 3.45. The number of hydrogen-bond acceptors (Lipinski definition) is 3. The maximum atomic E-state index is 14.4. The topological polar surface area (TPSA) is 40.5 Å². The Bertz CT molecular complexity index is 777. The zero-order valence-corrected chi connectivity index (χ0v) is 16.5. The highest BCUT2D eigenvalue weighted by Crippen LogP contribution is 2.36. The number of benzene rings is 1. The van der Waals surface area contributed by atoms with E-state index in [0.29, 0.717) is 36.2 Å². The van der Waals surface area contributed by atoms with Crippen molar-refractivity contribution in [3.8, 4) is 0 Å². The third kappa shape index (κ3) is 5.77. The Balaban J connectivity index is 2.10. The van der Waals surface area contributed by atoms with Crippen molar-refractivity contribution in [2.45, 2.75) is 32.6 Å². The van der Waals surface area contributed by atoms with Crippen molar-refractivity contribution in [2.24, 2.45) is 5.92 Å². The van der Waals surface area contributed by atoms with E-state index in [2.05, 4.69) is 13.8 Å². The fourth-order valence-corrected chi connectivity index (χ4v) is 3.92. The van der Waals surface area contributed by atoms with Gasteiger partial charge >= 0.3 is 5.97 Å². The minimum absolute atomic E-state index is 0.0653. The van der Waals surface area contributed by atoms with E-state index in [1.165, 1.54) is 6.08 Å². The molecule has 1 aromatic carbocycles. The van der Waals surface area contributed by atoms with Gasteiger partial charge in [0.25, 0.3) is 5.92 Å². The molecule has 2 rings (SSSR count). The molecule has 0 aromatic heterocycles. The Morgan fingerprint density at radius 1 is 1.29 bits per heavy atom. The van der Waals surface area contributed by atoms with Crippen molar-refractivity contribution >= 4 is 17.7 Å². The summed E-state index contributed by atoms with van der Waals surface area (Å²) in [5, 5.41) is 9.88. The van der Waals surface area contributed by atoms with Gasteiger partial charge in [-0.05, 0) is 36.6 Å². The first-order valence-electron chi connectivity index (χ1n) is 8.97. The van der Waals surface area contributed by atoms with Gasteiger partial charge < -0.3 is 10.0 Å². The van der Waals surface area contributed by atoms with Crippen LogP contribution in [-0.4, -0.2) is 34.8 Å². The molecule has 0 fully saturated rings. The maximum Gasteiger partial charge on any atom is 0.338 e. The number of aliphatic carboxylic acids is 1. The predicted molar refractivity (Wildman–Crippen MR) is 102 cm³/mol. The van der Waals surface area contributed by atoms with Crippen LogP contribution in [0.3, 0.4) is 0 Å². The minimum Gasteiger partial charge on any atom is -0.478 e. The van der Waals surface area contributed by atoms with Crippen molar-refractivity contribution in [3.63, 3.8) is 0 Å². The van der Waals surface area contributed by atoms with Gasteiger partial charge in [0.1, 0.15) is 0 Å². The average Bonchev–Trinajstić information content (AvgIpc) is 2.62. The highest BCUT2D eigenvalue weighted by atomic mass is 32.2. The molecule has 1 aliphatic heterocycles. The van der Waals surface area contributed by atoms with Crippen LogP contribution in [0, 0.1) is 17.6 Å². The second-order valence-electron chi connectivity index (χ2n) is 6.99. The SMILES string of the molecule is CC(C)CCN1CC=CC(C(=O)O)=C1SCCC(F)(F)c1ccc(F)c(F)c1. The minimum atomic E-state index is -3.35. The zero-order chi connectivity index (χ0) is 20.9. The molecule has 1 aliphatic rings. The normalized spacial score (nSPS) is 14.9. The summed E-state index contributed by atoms with van der Waals surface area (Å²) in [4.78, 5) is 13.4. The predicted octanol–water partition coefficient (Wildman–Crippen LogP) is 5.39. The van der Waals surface area contributed by atoms with Crippen molar-refractivity contribution < 1.29 is 27.5 Å². The van der Waals surface area contributed by atoms with Crippen LogP contribution in [0.25, 0.3) is 0 Å². The highest BCUT2D eigenvalue weighted by molar-refractivity contribution is 8.03. The third-order valence-electron chi connectivity index (χ3n) is 4.33. The van der Waals surface area contributed by atoms with E-state index in [-0.39, 0.29) is 11.3 Å². The van der Waals surface area contributed by atoms with E-state index in [9.17, 15) is 27.5 Å². The lowest BCUT2D eigenvalue weighted by Gasteiger charge is -2.30. The Labute approximate surface area is 166 Å². The maximum absolute atomic E-state index is 14.4. The second kappa shape index (κ2) is 9.49. The van der Waals surface area contributed by atoms with E-state index >= 15 is 0 Å². The first-order valence-corrected chi connectivity index (χ1v) is 9.95. The Morgan fingerprint density at radius 3 is 2.61 bits per heavy atom. The molecule has 1 N–H and O–H groups in total. The lowest BCUT2D eigenvalue weighted by atomic mass is 10.1. The summed E-state index contributed by atoms with van der Waals surface area (Å²) < 4.78 is 55.0. The van der Waals surface area contributed by atoms with Crippen LogP contribution in [0.4, 0.5) is 17.6 Å². The van der Waals surface area contributed by atoms with E-state index in [0.717, 1.165) is 24.2 Å². The molecule has 0 radical (unpaired) electrons. The molecule has 1 aromatic rings. The Hall–Kier alpha value is -1.96. The number of hydrogen-bond donors (Lipinski definition) is 1. The summed E-state index contributed by atoms with van der Waals surface area (Å²) in [5.41, 5.74) is -0.518. The van der Waals surface area contributed by atoms with Crippen LogP contribution in [0.5, 0.6) is 0 Å². The van der Waals surface area contributed by atoms with Crippen LogP contribution in [0.2, 0.25) is 0 Å². The van der Waals surface area contributed by atoms with Crippen molar-refractivity contribution in [3.05, 3.63) is 58.2 Å². The Kier molecular flexibility index (Phi) is 7.57. The van der Waals surface area contributed by atoms with Gasteiger partial charge in [0.15, 0.2) is 11.6 Å². The highest BCUT2D eigenvalue weighted by Gasteiger charge is 2.32. The van der Waals surface area contributed by atoms with Crippen LogP contribution in [-0.2, 0) is 10.7 Å². The lowest BCUT2D eigenvalue weighted by molar-refractivity contribution is -0.132. The number of carbonyl (C=O) groups is 1. The van der Waals surface area contributed by atoms with Crippen molar-refractivity contribution in [2.75, 3.05) is 18.8 Å². The molecule has 3 nitrogen and oxygen atoms in total. The summed E-state index contributed by atoms with van der Waals surface area (Å²) in [5.74, 6) is -6.61. The Morgan fingerprint density at radius 2 is 2.00 bits per heavy atom. The molecule has 0 unspecified atom stereocenters. The number of rotatable bonds is 9. The van der Waals surface area contributed by atoms with Gasteiger partial charge in [-0.15, -0.1) is 11.8 Å². The van der Waals surface area contributed by atoms with Crippen LogP contribution in [0.15, 0.2) is 41.0 Å². The van der Waals surface area contributed by atoms with Gasteiger partial charge in [-0.1, -0.05) is 19.9 Å². The lowest BCUT2D eigenvalue weighted by Crippen LogP contribution is -2.29. The number of carboxylic acid groups (broad SMARTS) is 1. The standard InChI is InChI=1S/C20H23F4NO2S/c1-13(2)7-10-25-9-3-4-15(19(26)27)18(25)28-11-8-20(23,24)14-5-6-16(21)17(22)12-14/h3-6,12-13H,7-11H2,1-2H3,(H,26,27). The molecule has 0 saturated carbocycles. The monoisotopic (exact) mass is 417 g/mol. The molecule has 0 bridgehead atoms. The van der Waals surface area contributed by atoms with Gasteiger partial charge in [-0.25, -0.2) is 22.4 Å². The van der Waals surface area contributed by atoms with Gasteiger partial charge in [0.2, 0.25) is 0 Å². The van der Waals surface area contributed by atoms with Gasteiger partial charge in [0, 0.05) is 30.8 Å². The molecule has 154 valence electrons. The van der Waals surface area contributed by atoms with E-state index in [1.807, 2.05) is 4.90 Å². The molecule has 8 heteroatoms. The summed E-state index contributed by atoms with van der Waals surface area (Å²) in [7, 11) is 0. The summed E-state index contributed by atoms with van der Waals surface area (Å²) in [6, 6.07) is 2.04. The second-order valence-corrected chi connectivity index (χ2v) is 8.07. The number of nitrogens with zero attached hydrogens (tertiary/aromatic N) is 1. The molecule has 0 saturated heterocycles. The van der Waals surface area contributed by atoms with Crippen LogP contribution >= 0.6 is 11.8 Å². The van der Waals surface area contributed by atoms with Crippen molar-refractivity contribution in [1.82, 2.24) is 4.90 Å². The molecular formula is C20H23F4NO2S. The van der Waals surface area contributed by atoms with Crippen LogP contribution in [0.1, 0.15) is 32.3 Å². The molecule has 28 heavy (non-hydrogen) atoms. The molecular weight excluding hydrogens is 394 g/mol. The number of alkyl halides is 2. The van der Waals surface area contributed by atoms with E-state index in [1.54, 1.807) is 6.08 Å². The number of carboxylic acids is 1. The van der Waals surface area contributed by atoms with Gasteiger partial charge in [0.05, 0.1) is 10.6 Å². The smallest absolute Gasteiger partial charge is 0.338 e. The number of thioether (sulfide) groups is 1. The van der Waals surface area contributed by atoms with Gasteiger partial charge in [-0.3, -0.25) is 0 Å². The molecule has 0 amide bonds. The van der Waals surface area contributed by atoms with E-state index < -0.39 is 35.5 Å². The molecule has 0 spiro atoms. The van der Waals surface area contributed by atoms with Crippen molar-refractivity contribution in [1.29, 1.82) is 0 Å². The molecule has 1 heterocycles. The molecule has 0 aliphatic carbocycles. The largest absolute Gasteiger partial charge is 0.478 e. The van der Waals surface area contributed by atoms with Gasteiger partial charge in [-0.2, -0.15) is 0 Å². The summed E-state index contributed by atoms with van der Waals surface area (Å²) >= 11 is 1.05.